The molecule has 7 nitrogen and oxygen atoms in total. The second kappa shape index (κ2) is 6.31. The lowest BCUT2D eigenvalue weighted by atomic mass is 9.89. The van der Waals surface area contributed by atoms with Crippen LogP contribution in [0.3, 0.4) is 0 Å². The molecule has 27 heavy (non-hydrogen) atoms. The van der Waals surface area contributed by atoms with Crippen molar-refractivity contribution >= 4 is 21.4 Å². The van der Waals surface area contributed by atoms with Crippen molar-refractivity contribution in [3.63, 3.8) is 0 Å². The summed E-state index contributed by atoms with van der Waals surface area (Å²) in [6.45, 7) is 3.72. The van der Waals surface area contributed by atoms with Gasteiger partial charge in [-0.2, -0.15) is 0 Å². The zero-order valence-corrected chi connectivity index (χ0v) is 16.1. The fraction of sp³-hybridized carbons (Fsp3) is 0.368. The summed E-state index contributed by atoms with van der Waals surface area (Å²) in [6, 6.07) is 11.2. The highest BCUT2D eigenvalue weighted by molar-refractivity contribution is 7.93. The van der Waals surface area contributed by atoms with Crippen LogP contribution in [0.25, 0.3) is 0 Å². The van der Waals surface area contributed by atoms with Gasteiger partial charge in [0.15, 0.2) is 4.90 Å². The van der Waals surface area contributed by atoms with Crippen molar-refractivity contribution < 1.29 is 18.2 Å². The molecule has 1 N–H and O–H groups in total. The van der Waals surface area contributed by atoms with Crippen LogP contribution in [0.4, 0.5) is 11.4 Å². The Hall–Kier alpha value is -2.45. The minimum atomic E-state index is -4.05. The number of quaternary nitrogens is 1. The molecule has 2 heterocycles. The number of hydrogen-bond donors (Lipinski definition) is 1. The zero-order valence-electron chi connectivity index (χ0n) is 15.3. The van der Waals surface area contributed by atoms with Crippen LogP contribution in [-0.2, 0) is 10.0 Å². The van der Waals surface area contributed by atoms with Crippen LogP contribution >= 0.6 is 0 Å². The highest BCUT2D eigenvalue weighted by Crippen LogP contribution is 2.46. The molecule has 0 radical (unpaired) electrons. The van der Waals surface area contributed by atoms with Gasteiger partial charge in [-0.15, -0.1) is 0 Å². The van der Waals surface area contributed by atoms with Crippen LogP contribution < -0.4 is 9.21 Å². The van der Waals surface area contributed by atoms with Gasteiger partial charge in [-0.1, -0.05) is 29.8 Å². The Kier molecular flexibility index (Phi) is 4.20. The molecule has 2 aromatic rings. The van der Waals surface area contributed by atoms with E-state index in [2.05, 4.69) is 13.1 Å². The number of nitrogens with one attached hydrogen (secondary N) is 1. The van der Waals surface area contributed by atoms with Gasteiger partial charge in [0.2, 0.25) is 0 Å². The maximum Gasteiger partial charge on any atom is 0.289 e. The number of anilines is 1. The summed E-state index contributed by atoms with van der Waals surface area (Å²) in [5.74, 6) is 0.103. The van der Waals surface area contributed by atoms with Crippen molar-refractivity contribution in [1.29, 1.82) is 0 Å². The van der Waals surface area contributed by atoms with E-state index in [4.69, 9.17) is 0 Å². The molecule has 0 saturated carbocycles. The second-order valence-electron chi connectivity index (χ2n) is 7.46. The zero-order chi connectivity index (χ0) is 19.3. The van der Waals surface area contributed by atoms with E-state index in [0.717, 1.165) is 30.6 Å². The highest BCUT2D eigenvalue weighted by atomic mass is 32.2. The van der Waals surface area contributed by atoms with Crippen LogP contribution in [0.1, 0.15) is 23.5 Å². The van der Waals surface area contributed by atoms with Gasteiger partial charge in [0, 0.05) is 12.5 Å². The molecular formula is C19H22N3O4S+. The van der Waals surface area contributed by atoms with Gasteiger partial charge in [0.05, 0.1) is 42.7 Å². The molecule has 8 heteroatoms. The summed E-state index contributed by atoms with van der Waals surface area (Å²) in [5, 5.41) is 11.4. The summed E-state index contributed by atoms with van der Waals surface area (Å²) in [5.41, 5.74) is 2.39. The average molecular weight is 388 g/mol. The lowest BCUT2D eigenvalue weighted by Gasteiger charge is -2.34. The van der Waals surface area contributed by atoms with Gasteiger partial charge in [0.1, 0.15) is 0 Å². The molecule has 142 valence electrons. The fourth-order valence-electron chi connectivity index (χ4n) is 4.40. The van der Waals surface area contributed by atoms with Crippen LogP contribution in [0.5, 0.6) is 0 Å². The van der Waals surface area contributed by atoms with Gasteiger partial charge in [0.25, 0.3) is 15.7 Å². The van der Waals surface area contributed by atoms with Gasteiger partial charge in [-0.05, 0) is 24.6 Å². The maximum atomic E-state index is 13.6. The van der Waals surface area contributed by atoms with Crippen LogP contribution in [-0.4, -0.2) is 39.5 Å². The Morgan fingerprint density at radius 1 is 1.22 bits per heavy atom. The predicted octanol–water partition coefficient (Wildman–Crippen LogP) is 1.48. The van der Waals surface area contributed by atoms with E-state index in [-0.39, 0.29) is 22.5 Å². The summed E-state index contributed by atoms with van der Waals surface area (Å²) in [4.78, 5) is 11.9. The van der Waals surface area contributed by atoms with E-state index in [9.17, 15) is 18.5 Å². The largest absolute Gasteiger partial charge is 0.337 e. The first kappa shape index (κ1) is 17.9. The number of nitro benzene ring substituents is 1. The molecule has 0 aromatic heterocycles. The van der Waals surface area contributed by atoms with Crippen LogP contribution in [0.15, 0.2) is 47.4 Å². The van der Waals surface area contributed by atoms with Crippen LogP contribution in [0, 0.1) is 17.0 Å². The number of hydrogen-bond acceptors (Lipinski definition) is 4. The number of aryl methyl sites for hydroxylation is 1. The number of piperidine rings is 1. The van der Waals surface area contributed by atoms with Crippen molar-refractivity contribution in [3.05, 3.63) is 63.7 Å². The van der Waals surface area contributed by atoms with E-state index in [0.29, 0.717) is 5.69 Å². The average Bonchev–Trinajstić information content (AvgIpc) is 2.95. The molecule has 1 unspecified atom stereocenters. The number of para-hydroxylation sites is 1. The first-order valence-corrected chi connectivity index (χ1v) is 10.4. The minimum Gasteiger partial charge on any atom is -0.337 e. The van der Waals surface area contributed by atoms with E-state index in [1.807, 2.05) is 19.1 Å². The Morgan fingerprint density at radius 3 is 2.70 bits per heavy atom. The number of nitrogens with zero attached hydrogens (tertiary/aromatic N) is 2. The minimum absolute atomic E-state index is 0.103. The Labute approximate surface area is 158 Å². The molecule has 2 aliphatic heterocycles. The Morgan fingerprint density at radius 2 is 1.96 bits per heavy atom. The third-order valence-corrected chi connectivity index (χ3v) is 7.51. The first-order chi connectivity index (χ1) is 12.8. The smallest absolute Gasteiger partial charge is 0.289 e. The van der Waals surface area contributed by atoms with Gasteiger partial charge < -0.3 is 4.90 Å². The van der Waals surface area contributed by atoms with Crippen molar-refractivity contribution in [2.24, 2.45) is 0 Å². The van der Waals surface area contributed by atoms with Crippen LogP contribution in [0.2, 0.25) is 0 Å². The van der Waals surface area contributed by atoms with Gasteiger partial charge in [-0.25, -0.2) is 8.42 Å². The summed E-state index contributed by atoms with van der Waals surface area (Å²) < 4.78 is 28.6. The second-order valence-corrected chi connectivity index (χ2v) is 9.25. The summed E-state index contributed by atoms with van der Waals surface area (Å²) >= 11 is 0. The molecule has 4 rings (SSSR count). The van der Waals surface area contributed by atoms with E-state index in [1.165, 1.54) is 33.5 Å². The molecule has 1 saturated heterocycles. The summed E-state index contributed by atoms with van der Waals surface area (Å²) in [7, 11) is -1.93. The molecule has 0 bridgehead atoms. The Balaban J connectivity index is 1.90. The topological polar surface area (TPSA) is 85.0 Å². The quantitative estimate of drug-likeness (QED) is 0.638. The Bertz CT molecular complexity index is 1020. The third-order valence-electron chi connectivity index (χ3n) is 5.62. The molecule has 3 atom stereocenters. The monoisotopic (exact) mass is 388 g/mol. The third kappa shape index (κ3) is 2.80. The number of benzene rings is 2. The van der Waals surface area contributed by atoms with Gasteiger partial charge >= 0.3 is 0 Å². The standard InChI is InChI=1S/C19H21N3O4S/c1-13-7-8-16-14(11-13)15-12-20(2)10-9-17(15)21(16)27(25,26)19-6-4-3-5-18(19)22(23)24/h3-8,11,15,17H,9-10,12H2,1-2H3/p+1/t15-,17+/m1/s1. The molecule has 0 spiro atoms. The van der Waals surface area contributed by atoms with Crippen molar-refractivity contribution in [2.75, 3.05) is 24.4 Å². The molecule has 2 aromatic carbocycles. The SMILES string of the molecule is Cc1ccc2c(c1)[C@H]1C[NH+](C)CC[C@@H]1N2S(=O)(=O)c1ccccc1[N+](=O)[O-]. The summed E-state index contributed by atoms with van der Waals surface area (Å²) in [6.07, 6.45) is 0.726. The first-order valence-electron chi connectivity index (χ1n) is 9.00. The molecular weight excluding hydrogens is 366 g/mol. The molecule has 2 aliphatic rings. The molecule has 0 aliphatic carbocycles. The van der Waals surface area contributed by atoms with Gasteiger partial charge in [-0.3, -0.25) is 14.4 Å². The predicted molar refractivity (Wildman–Crippen MR) is 102 cm³/mol. The number of fused-ring (bicyclic) bond motifs is 3. The lowest BCUT2D eigenvalue weighted by Crippen LogP contribution is -3.11. The van der Waals surface area contributed by atoms with Crippen molar-refractivity contribution in [1.82, 2.24) is 0 Å². The number of sulfonamides is 1. The highest BCUT2D eigenvalue weighted by Gasteiger charge is 2.49. The van der Waals surface area contributed by atoms with E-state index < -0.39 is 14.9 Å². The normalized spacial score (nSPS) is 24.4. The maximum absolute atomic E-state index is 13.6. The molecule has 0 amide bonds. The van der Waals surface area contributed by atoms with Crippen molar-refractivity contribution in [2.45, 2.75) is 30.2 Å². The lowest BCUT2D eigenvalue weighted by molar-refractivity contribution is -0.886. The number of nitro groups is 1. The van der Waals surface area contributed by atoms with E-state index in [1.54, 1.807) is 0 Å². The number of likely N-dealkylation sites (N-methyl/N-ethyl adjacent to an activating group) is 1. The molecule has 1 fully saturated rings. The van der Waals surface area contributed by atoms with Crippen molar-refractivity contribution in [3.8, 4) is 0 Å². The number of likely N-dealkylation sites (tertiary alicyclic amines) is 1. The van der Waals surface area contributed by atoms with E-state index >= 15 is 0 Å². The fourth-order valence-corrected chi connectivity index (χ4v) is 6.30. The number of rotatable bonds is 3.